The number of likely N-dealkylation sites (tertiary alicyclic amines) is 1. The first-order valence-corrected chi connectivity index (χ1v) is 22.2. The number of piperidine rings is 1. The smallest absolute Gasteiger partial charge is 0.326 e. The number of nitrogens with one attached hydrogen (secondary N) is 2. The second kappa shape index (κ2) is 22.4. The first-order chi connectivity index (χ1) is 27.9. The Balaban J connectivity index is 0.970. The van der Waals surface area contributed by atoms with Crippen LogP contribution in [0.25, 0.3) is 11.0 Å². The first-order valence-electron chi connectivity index (χ1n) is 22.2. The van der Waals surface area contributed by atoms with E-state index < -0.39 is 6.29 Å². The van der Waals surface area contributed by atoms with E-state index in [1.807, 2.05) is 41.0 Å². The number of imidazole rings is 1. The van der Waals surface area contributed by atoms with Gasteiger partial charge in [0.2, 0.25) is 5.91 Å². The van der Waals surface area contributed by atoms with Crippen molar-refractivity contribution in [2.45, 2.75) is 154 Å². The number of para-hydroxylation sites is 2. The van der Waals surface area contributed by atoms with Crippen LogP contribution in [0.3, 0.4) is 0 Å². The van der Waals surface area contributed by atoms with E-state index in [9.17, 15) is 14.7 Å². The Morgan fingerprint density at radius 1 is 0.772 bits per heavy atom. The summed E-state index contributed by atoms with van der Waals surface area (Å²) in [7, 11) is 0. The van der Waals surface area contributed by atoms with Crippen molar-refractivity contribution in [3.8, 4) is 0 Å². The van der Waals surface area contributed by atoms with Crippen LogP contribution in [0.1, 0.15) is 157 Å². The summed E-state index contributed by atoms with van der Waals surface area (Å²) >= 11 is 0. The van der Waals surface area contributed by atoms with E-state index in [0.29, 0.717) is 13.0 Å². The van der Waals surface area contributed by atoms with Crippen LogP contribution in [0.2, 0.25) is 0 Å². The maximum absolute atomic E-state index is 12.9. The standard InChI is InChI=1S/C48H68N4O5/c1-3-4-5-6-7-8-9-10-11-12-13-14-15-20-45(54)49-33-37-21-27-40(28-22-37)47-56-44(36(2)46(57-47)39-25-23-38(35-53)24-26-39)34-51-31-29-41(30-32-51)52-43-19-17-16-18-42(43)50-48(52)55/h16-19,21-28,36,41,44,46-47,53H,3-15,20,29-35H2,1-2H3,(H,49,54)(H,50,55)/t36-,44+,46+,47?/m0/s1. The van der Waals surface area contributed by atoms with Crippen LogP contribution >= 0.6 is 0 Å². The molecular weight excluding hydrogens is 713 g/mol. The lowest BCUT2D eigenvalue weighted by Crippen LogP contribution is -2.47. The topological polar surface area (TPSA) is 109 Å². The highest BCUT2D eigenvalue weighted by atomic mass is 16.7. The summed E-state index contributed by atoms with van der Waals surface area (Å²) in [4.78, 5) is 31.0. The Bertz CT molecular complexity index is 1830. The van der Waals surface area contributed by atoms with Crippen LogP contribution in [0.4, 0.5) is 0 Å². The minimum Gasteiger partial charge on any atom is -0.392 e. The SMILES string of the molecule is CCCCCCCCCCCCCCCC(=O)NCc1ccc(C2O[C@H](CN3CCC(n4c(=O)[nH]c5ccccc54)CC3)[C@H](C)[C@H](c3ccc(CO)cc3)O2)cc1. The maximum Gasteiger partial charge on any atom is 0.326 e. The van der Waals surface area contributed by atoms with Gasteiger partial charge in [0.05, 0.1) is 29.8 Å². The van der Waals surface area contributed by atoms with E-state index in [-0.39, 0.29) is 42.4 Å². The summed E-state index contributed by atoms with van der Waals surface area (Å²) in [6, 6.07) is 24.4. The van der Waals surface area contributed by atoms with E-state index in [2.05, 4.69) is 65.4 Å². The number of amides is 1. The fraction of sp³-hybridized carbons (Fsp3) is 0.583. The number of unbranched alkanes of at least 4 members (excludes halogenated alkanes) is 12. The van der Waals surface area contributed by atoms with Crippen LogP contribution in [-0.2, 0) is 27.4 Å². The first kappa shape index (κ1) is 42.8. The average molecular weight is 781 g/mol. The molecule has 2 aliphatic heterocycles. The summed E-state index contributed by atoms with van der Waals surface area (Å²) in [5, 5.41) is 12.8. The molecule has 0 spiro atoms. The zero-order valence-electron chi connectivity index (χ0n) is 34.6. The highest BCUT2D eigenvalue weighted by Gasteiger charge is 2.39. The fourth-order valence-electron chi connectivity index (χ4n) is 8.76. The Kier molecular flexibility index (Phi) is 16.8. The molecule has 310 valence electrons. The molecule has 3 N–H and O–H groups in total. The van der Waals surface area contributed by atoms with Crippen LogP contribution < -0.4 is 11.0 Å². The summed E-state index contributed by atoms with van der Waals surface area (Å²) in [5.41, 5.74) is 5.76. The van der Waals surface area contributed by atoms with Crippen molar-refractivity contribution in [2.24, 2.45) is 5.92 Å². The molecule has 9 heteroatoms. The average Bonchev–Trinajstić information content (AvgIpc) is 3.58. The number of ether oxygens (including phenoxy) is 2. The number of hydrogen-bond donors (Lipinski definition) is 3. The maximum atomic E-state index is 12.9. The number of aromatic nitrogens is 2. The molecule has 2 fully saturated rings. The molecule has 0 saturated carbocycles. The van der Waals surface area contributed by atoms with Crippen molar-refractivity contribution in [2.75, 3.05) is 19.6 Å². The van der Waals surface area contributed by atoms with Gasteiger partial charge in [0, 0.05) is 50.1 Å². The normalized spacial score (nSPS) is 20.6. The summed E-state index contributed by atoms with van der Waals surface area (Å²) < 4.78 is 15.4. The van der Waals surface area contributed by atoms with Gasteiger partial charge in [0.1, 0.15) is 0 Å². The fourth-order valence-corrected chi connectivity index (χ4v) is 8.76. The molecule has 0 radical (unpaired) electrons. The quantitative estimate of drug-likeness (QED) is 0.0686. The lowest BCUT2D eigenvalue weighted by Gasteiger charge is -2.44. The summed E-state index contributed by atoms with van der Waals surface area (Å²) in [6.45, 7) is 7.51. The third kappa shape index (κ3) is 12.4. The lowest BCUT2D eigenvalue weighted by molar-refractivity contribution is -0.276. The Morgan fingerprint density at radius 3 is 2.02 bits per heavy atom. The predicted molar refractivity (Wildman–Crippen MR) is 229 cm³/mol. The zero-order chi connectivity index (χ0) is 39.8. The van der Waals surface area contributed by atoms with Gasteiger partial charge >= 0.3 is 5.69 Å². The van der Waals surface area contributed by atoms with E-state index in [1.54, 1.807) is 0 Å². The molecule has 2 aliphatic rings. The number of aliphatic hydroxyl groups excluding tert-OH is 1. The highest BCUT2D eigenvalue weighted by molar-refractivity contribution is 5.76. The molecule has 1 amide bonds. The molecule has 9 nitrogen and oxygen atoms in total. The monoisotopic (exact) mass is 781 g/mol. The molecular formula is C48H68N4O5. The van der Waals surface area contributed by atoms with E-state index in [0.717, 1.165) is 78.6 Å². The number of hydrogen-bond acceptors (Lipinski definition) is 6. The van der Waals surface area contributed by atoms with Gasteiger partial charge in [-0.3, -0.25) is 9.36 Å². The molecule has 6 rings (SSSR count). The molecule has 1 unspecified atom stereocenters. The van der Waals surface area contributed by atoms with Crippen molar-refractivity contribution < 1.29 is 19.4 Å². The van der Waals surface area contributed by atoms with E-state index >= 15 is 0 Å². The van der Waals surface area contributed by atoms with Crippen molar-refractivity contribution in [1.82, 2.24) is 19.8 Å². The number of rotatable bonds is 22. The number of fused-ring (bicyclic) bond motifs is 1. The molecule has 57 heavy (non-hydrogen) atoms. The number of nitrogens with zero attached hydrogens (tertiary/aromatic N) is 2. The van der Waals surface area contributed by atoms with Crippen LogP contribution in [0, 0.1) is 5.92 Å². The second-order valence-electron chi connectivity index (χ2n) is 16.7. The minimum absolute atomic E-state index is 0.00257. The molecule has 0 aliphatic carbocycles. The number of carbonyl (C=O) groups is 1. The van der Waals surface area contributed by atoms with Gasteiger partial charge in [-0.1, -0.05) is 152 Å². The van der Waals surface area contributed by atoms with Crippen LogP contribution in [0.15, 0.2) is 77.6 Å². The van der Waals surface area contributed by atoms with Gasteiger partial charge in [-0.05, 0) is 48.1 Å². The van der Waals surface area contributed by atoms with Gasteiger partial charge in [-0.25, -0.2) is 4.79 Å². The molecule has 4 atom stereocenters. The second-order valence-corrected chi connectivity index (χ2v) is 16.7. The van der Waals surface area contributed by atoms with Crippen molar-refractivity contribution >= 4 is 16.9 Å². The van der Waals surface area contributed by atoms with Gasteiger partial charge in [0.25, 0.3) is 0 Å². The predicted octanol–water partition coefficient (Wildman–Crippen LogP) is 10.0. The molecule has 4 aromatic rings. The highest BCUT2D eigenvalue weighted by Crippen LogP contribution is 2.42. The van der Waals surface area contributed by atoms with E-state index in [1.165, 1.54) is 70.6 Å². The lowest BCUT2D eigenvalue weighted by atomic mass is 9.89. The number of H-pyrrole nitrogens is 1. The minimum atomic E-state index is -0.546. The number of aliphatic hydroxyl groups is 1. The van der Waals surface area contributed by atoms with Crippen LogP contribution in [-0.4, -0.2) is 51.2 Å². The Morgan fingerprint density at radius 2 is 1.37 bits per heavy atom. The van der Waals surface area contributed by atoms with Gasteiger partial charge in [-0.2, -0.15) is 0 Å². The third-order valence-electron chi connectivity index (χ3n) is 12.4. The molecule has 1 aromatic heterocycles. The van der Waals surface area contributed by atoms with Crippen molar-refractivity contribution in [3.05, 3.63) is 106 Å². The number of aromatic amines is 1. The van der Waals surface area contributed by atoms with Crippen molar-refractivity contribution in [1.29, 1.82) is 0 Å². The molecule has 0 bridgehead atoms. The number of carbonyl (C=O) groups excluding carboxylic acids is 1. The van der Waals surface area contributed by atoms with Gasteiger partial charge in [-0.15, -0.1) is 0 Å². The molecule has 2 saturated heterocycles. The van der Waals surface area contributed by atoms with Gasteiger partial charge in [0.15, 0.2) is 6.29 Å². The van der Waals surface area contributed by atoms with E-state index in [4.69, 9.17) is 9.47 Å². The zero-order valence-corrected chi connectivity index (χ0v) is 34.6. The third-order valence-corrected chi connectivity index (χ3v) is 12.4. The van der Waals surface area contributed by atoms with Crippen LogP contribution in [0.5, 0.6) is 0 Å². The molecule has 3 aromatic carbocycles. The van der Waals surface area contributed by atoms with Crippen molar-refractivity contribution in [3.63, 3.8) is 0 Å². The Labute approximate surface area is 340 Å². The number of benzene rings is 3. The largest absolute Gasteiger partial charge is 0.392 e. The van der Waals surface area contributed by atoms with Gasteiger partial charge < -0.3 is 29.8 Å². The summed E-state index contributed by atoms with van der Waals surface area (Å²) in [6.07, 6.45) is 18.5. The summed E-state index contributed by atoms with van der Waals surface area (Å²) in [5.74, 6) is 0.199. The Hall–Kier alpha value is -3.76. The molecule has 3 heterocycles.